The summed E-state index contributed by atoms with van der Waals surface area (Å²) in [5.41, 5.74) is 4.29. The van der Waals surface area contributed by atoms with Gasteiger partial charge in [-0.1, -0.05) is 18.2 Å². The van der Waals surface area contributed by atoms with Crippen LogP contribution in [0.3, 0.4) is 0 Å². The summed E-state index contributed by atoms with van der Waals surface area (Å²) in [4.78, 5) is 3.53. The third kappa shape index (κ3) is 3.99. The van der Waals surface area contributed by atoms with E-state index in [0.717, 1.165) is 24.1 Å². The second-order valence-electron chi connectivity index (χ2n) is 7.09. The van der Waals surface area contributed by atoms with Gasteiger partial charge in [-0.3, -0.25) is 0 Å². The number of H-pyrrole nitrogens is 1. The number of aromatic nitrogens is 1. The minimum absolute atomic E-state index is 0.284. The fourth-order valence-electron chi connectivity index (χ4n) is 3.82. The molecule has 1 heterocycles. The Hall–Kier alpha value is -2.37. The first-order valence-electron chi connectivity index (χ1n) is 9.62. The topological polar surface area (TPSA) is 57.3 Å². The molecule has 1 atom stereocenters. The lowest BCUT2D eigenvalue weighted by molar-refractivity contribution is 0.167. The summed E-state index contributed by atoms with van der Waals surface area (Å²) in [6.45, 7) is 1.34. The molecule has 5 heteroatoms. The molecule has 1 aromatic heterocycles. The summed E-state index contributed by atoms with van der Waals surface area (Å²) in [6.07, 6.45) is 3.95. The first kappa shape index (κ1) is 18.0. The van der Waals surface area contributed by atoms with Gasteiger partial charge < -0.3 is 20.1 Å². The minimum Gasteiger partial charge on any atom is -0.492 e. The number of nitrogens with one attached hydrogen (secondary N) is 2. The van der Waals surface area contributed by atoms with Crippen LogP contribution in [0.5, 0.6) is 5.75 Å². The summed E-state index contributed by atoms with van der Waals surface area (Å²) < 4.78 is 19.5. The Bertz CT molecular complexity index is 922. The molecule has 1 unspecified atom stereocenters. The lowest BCUT2D eigenvalue weighted by Gasteiger charge is -2.13. The molecule has 0 saturated heterocycles. The van der Waals surface area contributed by atoms with Crippen LogP contribution in [0.1, 0.15) is 35.8 Å². The van der Waals surface area contributed by atoms with Gasteiger partial charge in [-0.25, -0.2) is 4.39 Å². The van der Waals surface area contributed by atoms with Gasteiger partial charge in [-0.15, -0.1) is 0 Å². The zero-order chi connectivity index (χ0) is 18.6. The highest BCUT2D eigenvalue weighted by atomic mass is 19.1. The van der Waals surface area contributed by atoms with Crippen molar-refractivity contribution in [1.82, 2.24) is 10.3 Å². The van der Waals surface area contributed by atoms with Gasteiger partial charge in [0.1, 0.15) is 18.2 Å². The maximum Gasteiger partial charge on any atom is 0.129 e. The molecule has 0 spiro atoms. The first-order valence-corrected chi connectivity index (χ1v) is 9.62. The maximum atomic E-state index is 13.6. The van der Waals surface area contributed by atoms with Crippen LogP contribution in [0.2, 0.25) is 0 Å². The van der Waals surface area contributed by atoms with Gasteiger partial charge in [0.2, 0.25) is 0 Å². The van der Waals surface area contributed by atoms with E-state index in [4.69, 9.17) is 4.74 Å². The Kier molecular flexibility index (Phi) is 5.41. The number of aromatic amines is 1. The van der Waals surface area contributed by atoms with Crippen LogP contribution >= 0.6 is 0 Å². The number of ether oxygens (including phenoxy) is 1. The Balaban J connectivity index is 1.27. The van der Waals surface area contributed by atoms with Crippen molar-refractivity contribution in [2.24, 2.45) is 0 Å². The van der Waals surface area contributed by atoms with Crippen LogP contribution in [-0.4, -0.2) is 29.8 Å². The van der Waals surface area contributed by atoms with Crippen molar-refractivity contribution in [1.29, 1.82) is 0 Å². The zero-order valence-electron chi connectivity index (χ0n) is 15.3. The van der Waals surface area contributed by atoms with E-state index >= 15 is 0 Å². The van der Waals surface area contributed by atoms with Gasteiger partial charge in [-0.2, -0.15) is 0 Å². The van der Waals surface area contributed by atoms with E-state index in [-0.39, 0.29) is 12.4 Å². The van der Waals surface area contributed by atoms with E-state index in [9.17, 15) is 9.50 Å². The highest BCUT2D eigenvalue weighted by Crippen LogP contribution is 2.31. The first-order chi connectivity index (χ1) is 13.2. The molecule has 2 aromatic carbocycles. The molecule has 0 fully saturated rings. The zero-order valence-corrected chi connectivity index (χ0v) is 15.3. The molecule has 0 radical (unpaired) electrons. The molecule has 0 amide bonds. The molecule has 3 N–H and O–H groups in total. The Morgan fingerprint density at radius 3 is 2.89 bits per heavy atom. The number of hydrogen-bond acceptors (Lipinski definition) is 3. The largest absolute Gasteiger partial charge is 0.492 e. The number of fused-ring (bicyclic) bond motifs is 3. The smallest absolute Gasteiger partial charge is 0.129 e. The molecule has 142 valence electrons. The summed E-state index contributed by atoms with van der Waals surface area (Å²) in [7, 11) is 0. The van der Waals surface area contributed by atoms with E-state index in [1.54, 1.807) is 18.2 Å². The van der Waals surface area contributed by atoms with Crippen LogP contribution < -0.4 is 10.1 Å². The molecule has 4 nitrogen and oxygen atoms in total. The van der Waals surface area contributed by atoms with Crippen LogP contribution in [-0.2, 0) is 12.8 Å². The Labute approximate surface area is 158 Å². The quantitative estimate of drug-likeness (QED) is 0.555. The third-order valence-electron chi connectivity index (χ3n) is 5.22. The van der Waals surface area contributed by atoms with Crippen LogP contribution in [0, 0.1) is 5.82 Å². The molecule has 1 aliphatic carbocycles. The van der Waals surface area contributed by atoms with Crippen molar-refractivity contribution < 1.29 is 14.2 Å². The molecule has 0 aliphatic heterocycles. The highest BCUT2D eigenvalue weighted by molar-refractivity contribution is 5.86. The van der Waals surface area contributed by atoms with Gasteiger partial charge in [0.25, 0.3) is 0 Å². The molecule has 27 heavy (non-hydrogen) atoms. The van der Waals surface area contributed by atoms with E-state index in [0.29, 0.717) is 18.7 Å². The Morgan fingerprint density at radius 1 is 1.15 bits per heavy atom. The molecule has 0 saturated carbocycles. The van der Waals surface area contributed by atoms with Crippen LogP contribution in [0.4, 0.5) is 4.39 Å². The molecule has 3 aromatic rings. The standard InChI is InChI=1S/C22H25FN2O2/c23-19-7-3-1-6-18(19)22(26)14-24-11-12-27-15-9-10-17-16-5-2-4-8-20(16)25-21(17)13-15/h1,3,6-7,9-10,13,22,24-26H,2,4-5,8,11-12,14H2. The lowest BCUT2D eigenvalue weighted by Crippen LogP contribution is -2.26. The van der Waals surface area contributed by atoms with Gasteiger partial charge in [0.15, 0.2) is 0 Å². The van der Waals surface area contributed by atoms with Crippen molar-refractivity contribution in [3.05, 3.63) is 65.1 Å². The molecule has 4 rings (SSSR count). The number of aryl methyl sites for hydroxylation is 2. The summed E-state index contributed by atoms with van der Waals surface area (Å²) in [5.74, 6) is 0.447. The van der Waals surface area contributed by atoms with Crippen molar-refractivity contribution in [2.75, 3.05) is 19.7 Å². The average molecular weight is 368 g/mol. The SMILES string of the molecule is OC(CNCCOc1ccc2c3c([nH]c2c1)CCCC3)c1ccccc1F. The van der Waals surface area contributed by atoms with Crippen molar-refractivity contribution in [3.8, 4) is 5.75 Å². The normalized spacial score (nSPS) is 14.9. The number of aliphatic hydroxyl groups is 1. The molecular formula is C22H25FN2O2. The van der Waals surface area contributed by atoms with E-state index < -0.39 is 6.10 Å². The maximum absolute atomic E-state index is 13.6. The number of benzene rings is 2. The van der Waals surface area contributed by atoms with Gasteiger partial charge in [-0.05, 0) is 49.4 Å². The third-order valence-corrected chi connectivity index (χ3v) is 5.22. The fourth-order valence-corrected chi connectivity index (χ4v) is 3.82. The lowest BCUT2D eigenvalue weighted by atomic mass is 9.96. The number of halogens is 1. The van der Waals surface area contributed by atoms with Gasteiger partial charge in [0.05, 0.1) is 6.10 Å². The van der Waals surface area contributed by atoms with E-state index in [2.05, 4.69) is 22.4 Å². The highest BCUT2D eigenvalue weighted by Gasteiger charge is 2.15. The van der Waals surface area contributed by atoms with Crippen molar-refractivity contribution >= 4 is 10.9 Å². The molecule has 1 aliphatic rings. The number of rotatable bonds is 7. The van der Waals surface area contributed by atoms with Crippen LogP contribution in [0.15, 0.2) is 42.5 Å². The summed E-state index contributed by atoms with van der Waals surface area (Å²) in [5, 5.41) is 14.5. The van der Waals surface area contributed by atoms with Crippen LogP contribution in [0.25, 0.3) is 10.9 Å². The van der Waals surface area contributed by atoms with Gasteiger partial charge in [0, 0.05) is 41.3 Å². The number of aliphatic hydroxyl groups excluding tert-OH is 1. The fraction of sp³-hybridized carbons (Fsp3) is 0.364. The van der Waals surface area contributed by atoms with Gasteiger partial charge >= 0.3 is 0 Å². The summed E-state index contributed by atoms with van der Waals surface area (Å²) in [6, 6.07) is 12.5. The molecular weight excluding hydrogens is 343 g/mol. The Morgan fingerprint density at radius 2 is 2.00 bits per heavy atom. The second-order valence-corrected chi connectivity index (χ2v) is 7.09. The van der Waals surface area contributed by atoms with E-state index in [1.807, 2.05) is 6.07 Å². The predicted molar refractivity (Wildman–Crippen MR) is 105 cm³/mol. The molecule has 0 bridgehead atoms. The number of hydrogen-bond donors (Lipinski definition) is 3. The average Bonchev–Trinajstić information content (AvgIpc) is 3.05. The minimum atomic E-state index is -0.868. The monoisotopic (exact) mass is 368 g/mol. The predicted octanol–water partition coefficient (Wildman–Crippen LogP) is 3.89. The van der Waals surface area contributed by atoms with Crippen molar-refractivity contribution in [3.63, 3.8) is 0 Å². The van der Waals surface area contributed by atoms with Crippen molar-refractivity contribution in [2.45, 2.75) is 31.8 Å². The summed E-state index contributed by atoms with van der Waals surface area (Å²) >= 11 is 0. The van der Waals surface area contributed by atoms with E-state index in [1.165, 1.54) is 35.6 Å². The second kappa shape index (κ2) is 8.11.